The average molecular weight is 423 g/mol. The second-order valence-electron chi connectivity index (χ2n) is 6.39. The zero-order valence-corrected chi connectivity index (χ0v) is 18.2. The summed E-state index contributed by atoms with van der Waals surface area (Å²) in [4.78, 5) is 22.3. The van der Waals surface area contributed by atoms with E-state index >= 15 is 0 Å². The summed E-state index contributed by atoms with van der Waals surface area (Å²) >= 11 is 3.27. The van der Waals surface area contributed by atoms with Gasteiger partial charge in [0.2, 0.25) is 0 Å². The Morgan fingerprint density at radius 1 is 1.03 bits per heavy atom. The van der Waals surface area contributed by atoms with Crippen molar-refractivity contribution in [2.45, 2.75) is 29.7 Å². The normalized spacial score (nSPS) is 11.0. The molecule has 0 aliphatic heterocycles. The molecule has 3 rings (SSSR count). The number of hydrogen-bond donors (Lipinski definition) is 1. The quantitative estimate of drug-likeness (QED) is 0.255. The fourth-order valence-electron chi connectivity index (χ4n) is 2.58. The molecule has 2 aromatic carbocycles. The molecule has 0 saturated carbocycles. The van der Waals surface area contributed by atoms with Crippen molar-refractivity contribution in [1.29, 1.82) is 0 Å². The van der Waals surface area contributed by atoms with Crippen molar-refractivity contribution in [3.05, 3.63) is 82.7 Å². The summed E-state index contributed by atoms with van der Waals surface area (Å²) in [6, 6.07) is 17.4. The Kier molecular flexibility index (Phi) is 7.43. The SMILES string of the molecule is CSc1ccc(/C=N/NC(=O)c2ccc(CSc3nc(C)cc(C)n3)cc2)cc1. The molecule has 0 unspecified atom stereocenters. The Bertz CT molecular complexity index is 982. The molecule has 0 aliphatic carbocycles. The molecule has 1 aromatic heterocycles. The van der Waals surface area contributed by atoms with Gasteiger partial charge < -0.3 is 0 Å². The molecular formula is C22H22N4OS2. The highest BCUT2D eigenvalue weighted by molar-refractivity contribution is 7.98. The Morgan fingerprint density at radius 3 is 2.31 bits per heavy atom. The van der Waals surface area contributed by atoms with Gasteiger partial charge in [-0.15, -0.1) is 11.8 Å². The number of hydrogen-bond acceptors (Lipinski definition) is 6. The van der Waals surface area contributed by atoms with Crippen LogP contribution in [-0.2, 0) is 5.75 Å². The van der Waals surface area contributed by atoms with Crippen LogP contribution in [-0.4, -0.2) is 28.3 Å². The average Bonchev–Trinajstić information content (AvgIpc) is 2.72. The number of nitrogens with one attached hydrogen (secondary N) is 1. The summed E-state index contributed by atoms with van der Waals surface area (Å²) in [5, 5.41) is 4.80. The number of carbonyl (C=O) groups is 1. The van der Waals surface area contributed by atoms with E-state index in [0.29, 0.717) is 5.56 Å². The van der Waals surface area contributed by atoms with Gasteiger partial charge in [-0.3, -0.25) is 4.79 Å². The molecule has 29 heavy (non-hydrogen) atoms. The van der Waals surface area contributed by atoms with Crippen LogP contribution in [0.3, 0.4) is 0 Å². The van der Waals surface area contributed by atoms with Crippen molar-refractivity contribution in [1.82, 2.24) is 15.4 Å². The van der Waals surface area contributed by atoms with Gasteiger partial charge in [-0.2, -0.15) is 5.10 Å². The first-order chi connectivity index (χ1) is 14.0. The number of hydrazone groups is 1. The third-order valence-electron chi connectivity index (χ3n) is 4.04. The third-order valence-corrected chi connectivity index (χ3v) is 5.70. The molecule has 5 nitrogen and oxygen atoms in total. The van der Waals surface area contributed by atoms with Gasteiger partial charge in [0.1, 0.15) is 0 Å². The molecule has 0 spiro atoms. The van der Waals surface area contributed by atoms with Crippen molar-refractivity contribution < 1.29 is 4.79 Å². The summed E-state index contributed by atoms with van der Waals surface area (Å²) in [5.74, 6) is 0.508. The van der Waals surface area contributed by atoms with Crippen molar-refractivity contribution >= 4 is 35.6 Å². The Hall–Kier alpha value is -2.64. The van der Waals surface area contributed by atoms with Gasteiger partial charge in [0.05, 0.1) is 6.21 Å². The topological polar surface area (TPSA) is 67.2 Å². The molecule has 1 heterocycles. The summed E-state index contributed by atoms with van der Waals surface area (Å²) in [6.45, 7) is 3.93. The largest absolute Gasteiger partial charge is 0.271 e. The van der Waals surface area contributed by atoms with E-state index in [1.807, 2.05) is 62.6 Å². The highest BCUT2D eigenvalue weighted by atomic mass is 32.2. The Balaban J connectivity index is 1.53. The highest BCUT2D eigenvalue weighted by Crippen LogP contribution is 2.20. The van der Waals surface area contributed by atoms with Crippen LogP contribution in [0.1, 0.15) is 32.9 Å². The Labute approximate surface area is 179 Å². The van der Waals surface area contributed by atoms with Gasteiger partial charge in [0, 0.05) is 27.6 Å². The minimum atomic E-state index is -0.237. The lowest BCUT2D eigenvalue weighted by molar-refractivity contribution is 0.0955. The van der Waals surface area contributed by atoms with E-state index < -0.39 is 0 Å². The summed E-state index contributed by atoms with van der Waals surface area (Å²) in [5.41, 5.74) is 7.10. The van der Waals surface area contributed by atoms with Crippen LogP contribution >= 0.6 is 23.5 Å². The smallest absolute Gasteiger partial charge is 0.267 e. The predicted molar refractivity (Wildman–Crippen MR) is 121 cm³/mol. The van der Waals surface area contributed by atoms with Gasteiger partial charge in [-0.1, -0.05) is 36.0 Å². The molecule has 0 fully saturated rings. The number of rotatable bonds is 7. The van der Waals surface area contributed by atoms with Gasteiger partial charge in [-0.25, -0.2) is 15.4 Å². The number of benzene rings is 2. The zero-order valence-electron chi connectivity index (χ0n) is 16.5. The molecular weight excluding hydrogens is 400 g/mol. The first-order valence-corrected chi connectivity index (χ1v) is 11.3. The number of nitrogens with zero attached hydrogens (tertiary/aromatic N) is 3. The number of amides is 1. The molecule has 0 bridgehead atoms. The fraction of sp³-hybridized carbons (Fsp3) is 0.182. The van der Waals surface area contributed by atoms with Crippen molar-refractivity contribution in [2.24, 2.45) is 5.10 Å². The van der Waals surface area contributed by atoms with Crippen molar-refractivity contribution in [3.8, 4) is 0 Å². The molecule has 0 atom stereocenters. The molecule has 7 heteroatoms. The second kappa shape index (κ2) is 10.2. The van der Waals surface area contributed by atoms with E-state index in [1.165, 1.54) is 4.90 Å². The lowest BCUT2D eigenvalue weighted by atomic mass is 10.1. The Morgan fingerprint density at radius 2 is 1.69 bits per heavy atom. The van der Waals surface area contributed by atoms with Gasteiger partial charge in [0.15, 0.2) is 5.16 Å². The molecule has 1 N–H and O–H groups in total. The van der Waals surface area contributed by atoms with Crippen molar-refractivity contribution in [2.75, 3.05) is 6.26 Å². The van der Waals surface area contributed by atoms with E-state index in [4.69, 9.17) is 0 Å². The summed E-state index contributed by atoms with van der Waals surface area (Å²) in [7, 11) is 0. The minimum absolute atomic E-state index is 0.237. The maximum Gasteiger partial charge on any atom is 0.271 e. The highest BCUT2D eigenvalue weighted by Gasteiger charge is 2.06. The standard InChI is InChI=1S/C22H22N4OS2/c1-15-12-16(2)25-22(24-15)29-14-18-4-8-19(9-5-18)21(27)26-23-13-17-6-10-20(28-3)11-7-17/h4-13H,14H2,1-3H3,(H,26,27)/b23-13+. The van der Waals surface area contributed by atoms with E-state index in [0.717, 1.165) is 33.4 Å². The fourth-order valence-corrected chi connectivity index (χ4v) is 3.89. The summed E-state index contributed by atoms with van der Waals surface area (Å²) in [6.07, 6.45) is 3.67. The van der Waals surface area contributed by atoms with E-state index in [-0.39, 0.29) is 5.91 Å². The van der Waals surface area contributed by atoms with Crippen LogP contribution in [0.5, 0.6) is 0 Å². The predicted octanol–water partition coefficient (Wildman–Crippen LogP) is 4.87. The monoisotopic (exact) mass is 422 g/mol. The maximum atomic E-state index is 12.2. The first-order valence-electron chi connectivity index (χ1n) is 9.05. The number of carbonyl (C=O) groups excluding carboxylic acids is 1. The van der Waals surface area contributed by atoms with Crippen LogP contribution in [0.2, 0.25) is 0 Å². The zero-order chi connectivity index (χ0) is 20.6. The molecule has 0 aliphatic rings. The second-order valence-corrected chi connectivity index (χ2v) is 8.21. The lowest BCUT2D eigenvalue weighted by Gasteiger charge is -2.05. The van der Waals surface area contributed by atoms with E-state index in [1.54, 1.807) is 41.9 Å². The molecule has 148 valence electrons. The van der Waals surface area contributed by atoms with E-state index in [2.05, 4.69) is 20.5 Å². The first kappa shape index (κ1) is 21.1. The van der Waals surface area contributed by atoms with Crippen LogP contribution in [0.15, 0.2) is 69.8 Å². The lowest BCUT2D eigenvalue weighted by Crippen LogP contribution is -2.17. The molecule has 1 amide bonds. The van der Waals surface area contributed by atoms with Crippen LogP contribution in [0, 0.1) is 13.8 Å². The molecule has 0 saturated heterocycles. The number of aromatic nitrogens is 2. The maximum absolute atomic E-state index is 12.2. The third kappa shape index (κ3) is 6.44. The summed E-state index contributed by atoms with van der Waals surface area (Å²) < 4.78 is 0. The molecule has 0 radical (unpaired) electrons. The number of thioether (sulfide) groups is 2. The minimum Gasteiger partial charge on any atom is -0.267 e. The molecule has 3 aromatic rings. The van der Waals surface area contributed by atoms with Gasteiger partial charge in [-0.05, 0) is 61.6 Å². The van der Waals surface area contributed by atoms with Gasteiger partial charge in [0.25, 0.3) is 5.91 Å². The van der Waals surface area contributed by atoms with Crippen molar-refractivity contribution in [3.63, 3.8) is 0 Å². The number of aryl methyl sites for hydroxylation is 2. The van der Waals surface area contributed by atoms with Crippen LogP contribution < -0.4 is 5.43 Å². The van der Waals surface area contributed by atoms with Gasteiger partial charge >= 0.3 is 0 Å². The van der Waals surface area contributed by atoms with E-state index in [9.17, 15) is 4.79 Å². The van der Waals surface area contributed by atoms with Crippen LogP contribution in [0.25, 0.3) is 0 Å². The van der Waals surface area contributed by atoms with Crippen LogP contribution in [0.4, 0.5) is 0 Å².